The molecule has 0 fully saturated rings. The second kappa shape index (κ2) is 7.74. The number of aliphatic imine (C=N–C) groups is 1. The zero-order valence-corrected chi connectivity index (χ0v) is 17.4. The lowest BCUT2D eigenvalue weighted by molar-refractivity contribution is 0.471. The lowest BCUT2D eigenvalue weighted by Crippen LogP contribution is -1.87. The number of phenols is 1. The summed E-state index contributed by atoms with van der Waals surface area (Å²) in [6.07, 6.45) is 1.46. The van der Waals surface area contributed by atoms with Gasteiger partial charge in [0.1, 0.15) is 11.3 Å². The molecule has 0 radical (unpaired) electrons. The summed E-state index contributed by atoms with van der Waals surface area (Å²) in [5, 5.41) is 10.5. The average molecular weight is 498 g/mol. The lowest BCUT2D eigenvalue weighted by Gasteiger charge is -2.02. The van der Waals surface area contributed by atoms with Crippen LogP contribution in [0.4, 0.5) is 14.5 Å². The highest BCUT2D eigenvalue weighted by Gasteiger charge is 2.16. The fraction of sp³-hybridized carbons (Fsp3) is 0. The molecule has 0 aliphatic rings. The zero-order valence-electron chi connectivity index (χ0n) is 14.3. The fourth-order valence-electron chi connectivity index (χ4n) is 2.63. The second-order valence-corrected chi connectivity index (χ2v) is 7.70. The van der Waals surface area contributed by atoms with E-state index >= 15 is 0 Å². The number of hydrogen-bond acceptors (Lipinski definition) is 4. The first-order valence-electron chi connectivity index (χ1n) is 8.09. The summed E-state index contributed by atoms with van der Waals surface area (Å²) >= 11 is 15.2. The van der Waals surface area contributed by atoms with Gasteiger partial charge in [-0.05, 0) is 58.4 Å². The van der Waals surface area contributed by atoms with Crippen molar-refractivity contribution in [3.05, 3.63) is 74.2 Å². The molecule has 29 heavy (non-hydrogen) atoms. The molecule has 0 aliphatic heterocycles. The smallest absolute Gasteiger partial charge is 0.228 e. The first kappa shape index (κ1) is 19.8. The fourth-order valence-corrected chi connectivity index (χ4v) is 3.69. The molecule has 1 heterocycles. The van der Waals surface area contributed by atoms with Gasteiger partial charge in [0, 0.05) is 16.8 Å². The highest BCUT2D eigenvalue weighted by molar-refractivity contribution is 9.10. The molecule has 4 nitrogen and oxygen atoms in total. The van der Waals surface area contributed by atoms with Crippen LogP contribution in [0.5, 0.6) is 5.75 Å². The van der Waals surface area contributed by atoms with Crippen molar-refractivity contribution in [3.63, 3.8) is 0 Å². The summed E-state index contributed by atoms with van der Waals surface area (Å²) in [4.78, 5) is 8.60. The van der Waals surface area contributed by atoms with Crippen molar-refractivity contribution in [3.8, 4) is 17.2 Å². The topological polar surface area (TPSA) is 58.6 Å². The van der Waals surface area contributed by atoms with Crippen molar-refractivity contribution < 1.29 is 18.3 Å². The Morgan fingerprint density at radius 2 is 1.83 bits per heavy atom. The van der Waals surface area contributed by atoms with Crippen LogP contribution in [0.2, 0.25) is 10.0 Å². The molecule has 0 atom stereocenters. The Morgan fingerprint density at radius 1 is 1.07 bits per heavy atom. The molecule has 0 aliphatic carbocycles. The van der Waals surface area contributed by atoms with Crippen molar-refractivity contribution in [1.29, 1.82) is 0 Å². The Labute approximate surface area is 181 Å². The number of nitrogens with zero attached hydrogens (tertiary/aromatic N) is 2. The first-order valence-corrected chi connectivity index (χ1v) is 9.64. The van der Waals surface area contributed by atoms with Gasteiger partial charge in [-0.2, -0.15) is 0 Å². The predicted octanol–water partition coefficient (Wildman–Crippen LogP) is 7.30. The van der Waals surface area contributed by atoms with Gasteiger partial charge in [-0.15, -0.1) is 0 Å². The molecule has 0 spiro atoms. The maximum atomic E-state index is 13.6. The van der Waals surface area contributed by atoms with E-state index in [4.69, 9.17) is 27.6 Å². The molecular formula is C20H9BrCl2F2N2O2. The highest BCUT2D eigenvalue weighted by atomic mass is 79.9. The Morgan fingerprint density at radius 3 is 2.62 bits per heavy atom. The molecule has 9 heteroatoms. The number of rotatable bonds is 3. The number of aromatic hydroxyl groups is 1. The lowest BCUT2D eigenvalue weighted by atomic mass is 10.2. The largest absolute Gasteiger partial charge is 0.506 e. The van der Waals surface area contributed by atoms with E-state index < -0.39 is 11.6 Å². The predicted molar refractivity (Wildman–Crippen MR) is 112 cm³/mol. The molecular weight excluding hydrogens is 489 g/mol. The molecule has 4 rings (SSSR count). The molecule has 4 aromatic rings. The van der Waals surface area contributed by atoms with Crippen LogP contribution in [-0.4, -0.2) is 16.3 Å². The van der Waals surface area contributed by atoms with Gasteiger partial charge < -0.3 is 9.52 Å². The minimum atomic E-state index is -1.05. The van der Waals surface area contributed by atoms with Gasteiger partial charge in [-0.1, -0.05) is 23.2 Å². The van der Waals surface area contributed by atoms with Crippen LogP contribution < -0.4 is 0 Å². The van der Waals surface area contributed by atoms with E-state index in [2.05, 4.69) is 25.9 Å². The number of oxazole rings is 1. The van der Waals surface area contributed by atoms with Crippen molar-refractivity contribution in [2.75, 3.05) is 0 Å². The van der Waals surface area contributed by atoms with Crippen molar-refractivity contribution in [2.45, 2.75) is 0 Å². The maximum Gasteiger partial charge on any atom is 0.228 e. The van der Waals surface area contributed by atoms with Gasteiger partial charge in [0.05, 0.1) is 20.7 Å². The second-order valence-electron chi connectivity index (χ2n) is 6.00. The quantitative estimate of drug-likeness (QED) is 0.238. The number of aromatic nitrogens is 1. The third-order valence-corrected chi connectivity index (χ3v) is 5.16. The van der Waals surface area contributed by atoms with E-state index in [1.54, 1.807) is 30.3 Å². The molecule has 1 aromatic heterocycles. The number of phenolic OH excluding ortho intramolecular Hbond substituents is 1. The number of fused-ring (bicyclic) bond motifs is 1. The summed E-state index contributed by atoms with van der Waals surface area (Å²) in [7, 11) is 0. The summed E-state index contributed by atoms with van der Waals surface area (Å²) < 4.78 is 32.9. The van der Waals surface area contributed by atoms with E-state index in [1.165, 1.54) is 6.21 Å². The minimum Gasteiger partial charge on any atom is -0.506 e. The van der Waals surface area contributed by atoms with Crippen molar-refractivity contribution >= 4 is 62.1 Å². The molecule has 0 amide bonds. The molecule has 1 N–H and O–H groups in total. The Balaban J connectivity index is 1.70. The van der Waals surface area contributed by atoms with Crippen LogP contribution in [0.1, 0.15) is 5.56 Å². The number of halogens is 5. The van der Waals surface area contributed by atoms with E-state index in [0.29, 0.717) is 31.8 Å². The van der Waals surface area contributed by atoms with Crippen LogP contribution in [0.3, 0.4) is 0 Å². The van der Waals surface area contributed by atoms with Gasteiger partial charge in [0.15, 0.2) is 17.2 Å². The van der Waals surface area contributed by atoms with E-state index in [0.717, 1.165) is 12.1 Å². The number of hydrogen-bond donors (Lipinski definition) is 1. The molecule has 0 unspecified atom stereocenters. The molecule has 0 bridgehead atoms. The average Bonchev–Trinajstić information content (AvgIpc) is 3.09. The third kappa shape index (κ3) is 3.99. The molecule has 0 saturated heterocycles. The van der Waals surface area contributed by atoms with Crippen LogP contribution >= 0.6 is 39.1 Å². The van der Waals surface area contributed by atoms with Gasteiger partial charge >= 0.3 is 0 Å². The Hall–Kier alpha value is -2.48. The Kier molecular flexibility index (Phi) is 5.29. The van der Waals surface area contributed by atoms with Crippen molar-refractivity contribution in [1.82, 2.24) is 4.98 Å². The van der Waals surface area contributed by atoms with E-state index in [1.807, 2.05) is 0 Å². The van der Waals surface area contributed by atoms with E-state index in [-0.39, 0.29) is 22.2 Å². The molecule has 0 saturated carbocycles. The van der Waals surface area contributed by atoms with Gasteiger partial charge in [0.25, 0.3) is 0 Å². The first-order chi connectivity index (χ1) is 13.8. The summed E-state index contributed by atoms with van der Waals surface area (Å²) in [5.41, 5.74) is 1.98. The third-order valence-electron chi connectivity index (χ3n) is 4.02. The SMILES string of the molecule is Oc1c(Br)cc(Cl)cc1C=Nc1ccc2oc(-c3cc(F)c(F)cc3Cl)nc2c1. The normalized spacial score (nSPS) is 11.6. The van der Waals surface area contributed by atoms with Crippen LogP contribution in [-0.2, 0) is 0 Å². The number of benzene rings is 3. The highest BCUT2D eigenvalue weighted by Crippen LogP contribution is 2.33. The standard InChI is InChI=1S/C20H9BrCl2F2N2O2/c21-13-4-10(22)3-9(19(13)28)8-26-11-1-2-18-17(5-11)27-20(29-18)12-6-15(24)16(25)7-14(12)23/h1-8,28H. The summed E-state index contributed by atoms with van der Waals surface area (Å²) in [6, 6.07) is 9.90. The Bertz CT molecular complexity index is 1290. The zero-order chi connectivity index (χ0) is 20.7. The monoisotopic (exact) mass is 496 g/mol. The van der Waals surface area contributed by atoms with E-state index in [9.17, 15) is 13.9 Å². The maximum absolute atomic E-state index is 13.6. The molecule has 3 aromatic carbocycles. The van der Waals surface area contributed by atoms with Gasteiger partial charge in [-0.3, -0.25) is 4.99 Å². The van der Waals surface area contributed by atoms with Crippen LogP contribution in [0, 0.1) is 11.6 Å². The van der Waals surface area contributed by atoms with Crippen LogP contribution in [0.25, 0.3) is 22.6 Å². The van der Waals surface area contributed by atoms with Crippen molar-refractivity contribution in [2.24, 2.45) is 4.99 Å². The summed E-state index contributed by atoms with van der Waals surface area (Å²) in [6.45, 7) is 0. The molecule has 146 valence electrons. The van der Waals surface area contributed by atoms with Gasteiger partial charge in [-0.25, -0.2) is 13.8 Å². The van der Waals surface area contributed by atoms with Crippen LogP contribution in [0.15, 0.2) is 56.3 Å². The minimum absolute atomic E-state index is 0.0101. The van der Waals surface area contributed by atoms with Gasteiger partial charge in [0.2, 0.25) is 5.89 Å². The summed E-state index contributed by atoms with van der Waals surface area (Å²) in [5.74, 6) is -2.04.